The summed E-state index contributed by atoms with van der Waals surface area (Å²) in [6.07, 6.45) is 0. The van der Waals surface area contributed by atoms with Gasteiger partial charge in [-0.05, 0) is 24.6 Å². The molecule has 17 heavy (non-hydrogen) atoms. The van der Waals surface area contributed by atoms with Crippen LogP contribution in [-0.2, 0) is 14.3 Å². The summed E-state index contributed by atoms with van der Waals surface area (Å²) >= 11 is 3.35. The molecule has 0 bridgehead atoms. The molecule has 6 heteroatoms. The van der Waals surface area contributed by atoms with Crippen LogP contribution in [0.15, 0.2) is 22.7 Å². The lowest BCUT2D eigenvalue weighted by molar-refractivity contribution is -0.143. The van der Waals surface area contributed by atoms with E-state index in [1.165, 1.54) is 0 Å². The first-order chi connectivity index (χ1) is 8.00. The summed E-state index contributed by atoms with van der Waals surface area (Å²) in [7, 11) is 0. The highest BCUT2D eigenvalue weighted by atomic mass is 79.9. The number of carboxylic acid groups (broad SMARTS) is 1. The molecule has 0 heterocycles. The van der Waals surface area contributed by atoms with Crippen LogP contribution in [0.5, 0.6) is 0 Å². The Kier molecular flexibility index (Phi) is 5.11. The monoisotopic (exact) mass is 301 g/mol. The molecule has 1 aromatic carbocycles. The molecule has 92 valence electrons. The molecule has 0 aromatic heterocycles. The molecular weight excluding hydrogens is 290 g/mol. The topological polar surface area (TPSA) is 75.6 Å². The number of amides is 1. The van der Waals surface area contributed by atoms with E-state index >= 15 is 0 Å². The number of nitrogens with one attached hydrogen (secondary N) is 1. The molecule has 0 saturated heterocycles. The van der Waals surface area contributed by atoms with Gasteiger partial charge in [0, 0.05) is 10.2 Å². The van der Waals surface area contributed by atoms with Gasteiger partial charge in [-0.15, -0.1) is 0 Å². The van der Waals surface area contributed by atoms with Crippen LogP contribution in [0.4, 0.5) is 5.69 Å². The fourth-order valence-corrected chi connectivity index (χ4v) is 1.53. The summed E-state index contributed by atoms with van der Waals surface area (Å²) in [4.78, 5) is 21.6. The van der Waals surface area contributed by atoms with Gasteiger partial charge in [-0.3, -0.25) is 4.79 Å². The van der Waals surface area contributed by atoms with Gasteiger partial charge in [-0.1, -0.05) is 22.0 Å². The first-order valence-corrected chi connectivity index (χ1v) is 5.64. The third-order valence-corrected chi connectivity index (χ3v) is 2.86. The third kappa shape index (κ3) is 4.54. The van der Waals surface area contributed by atoms with Crippen molar-refractivity contribution in [2.45, 2.75) is 6.92 Å². The van der Waals surface area contributed by atoms with E-state index in [2.05, 4.69) is 26.0 Å². The van der Waals surface area contributed by atoms with Gasteiger partial charge in [0.1, 0.15) is 13.2 Å². The van der Waals surface area contributed by atoms with Gasteiger partial charge >= 0.3 is 5.97 Å². The molecule has 0 radical (unpaired) electrons. The minimum atomic E-state index is -1.10. The molecule has 1 rings (SSSR count). The summed E-state index contributed by atoms with van der Waals surface area (Å²) in [6, 6.07) is 5.42. The number of carbonyl (C=O) groups is 2. The van der Waals surface area contributed by atoms with E-state index in [0.29, 0.717) is 5.69 Å². The second-order valence-electron chi connectivity index (χ2n) is 3.35. The van der Waals surface area contributed by atoms with Crippen molar-refractivity contribution < 1.29 is 19.4 Å². The molecule has 5 nitrogen and oxygen atoms in total. The predicted octanol–water partition coefficient (Wildman–Crippen LogP) is 1.80. The van der Waals surface area contributed by atoms with Crippen molar-refractivity contribution in [2.75, 3.05) is 18.5 Å². The van der Waals surface area contributed by atoms with Crippen molar-refractivity contribution in [3.8, 4) is 0 Å². The van der Waals surface area contributed by atoms with E-state index < -0.39 is 12.6 Å². The summed E-state index contributed by atoms with van der Waals surface area (Å²) < 4.78 is 5.57. The zero-order valence-corrected chi connectivity index (χ0v) is 10.8. The number of ether oxygens (including phenoxy) is 1. The van der Waals surface area contributed by atoms with E-state index in [-0.39, 0.29) is 12.5 Å². The molecule has 2 N–H and O–H groups in total. The Morgan fingerprint density at radius 1 is 1.41 bits per heavy atom. The summed E-state index contributed by atoms with van der Waals surface area (Å²) in [5.41, 5.74) is 1.57. The van der Waals surface area contributed by atoms with Gasteiger partial charge in [-0.25, -0.2) is 4.79 Å². The Hall–Kier alpha value is -1.40. The summed E-state index contributed by atoms with van der Waals surface area (Å²) in [5.74, 6) is -1.48. The predicted molar refractivity (Wildman–Crippen MR) is 66.0 cm³/mol. The maximum Gasteiger partial charge on any atom is 0.329 e. The molecule has 0 saturated carbocycles. The molecule has 0 atom stereocenters. The first kappa shape index (κ1) is 13.7. The minimum absolute atomic E-state index is 0.280. The summed E-state index contributed by atoms with van der Waals surface area (Å²) in [5, 5.41) is 11.0. The molecule has 0 aliphatic rings. The van der Waals surface area contributed by atoms with Gasteiger partial charge in [-0.2, -0.15) is 0 Å². The van der Waals surface area contributed by atoms with E-state index in [9.17, 15) is 9.59 Å². The second-order valence-corrected chi connectivity index (χ2v) is 4.20. The number of anilines is 1. The largest absolute Gasteiger partial charge is 0.480 e. The SMILES string of the molecule is Cc1c(Br)cccc1NC(=O)COCC(=O)O. The number of rotatable bonds is 5. The lowest BCUT2D eigenvalue weighted by Gasteiger charge is -2.09. The van der Waals surface area contributed by atoms with Gasteiger partial charge in [0.15, 0.2) is 0 Å². The highest BCUT2D eigenvalue weighted by molar-refractivity contribution is 9.10. The molecule has 0 fully saturated rings. The van der Waals surface area contributed by atoms with Crippen molar-refractivity contribution in [1.29, 1.82) is 0 Å². The molecule has 0 aliphatic carbocycles. The number of aliphatic carboxylic acids is 1. The number of hydrogen-bond donors (Lipinski definition) is 2. The van der Waals surface area contributed by atoms with Gasteiger partial charge in [0.05, 0.1) is 0 Å². The number of benzene rings is 1. The van der Waals surface area contributed by atoms with Crippen LogP contribution in [0.25, 0.3) is 0 Å². The average Bonchev–Trinajstić information content (AvgIpc) is 2.24. The van der Waals surface area contributed by atoms with E-state index in [0.717, 1.165) is 10.0 Å². The molecule has 0 aliphatic heterocycles. The standard InChI is InChI=1S/C11H12BrNO4/c1-7-8(12)3-2-4-9(7)13-10(14)5-17-6-11(15)16/h2-4H,5-6H2,1H3,(H,13,14)(H,15,16). The van der Waals surface area contributed by atoms with E-state index in [4.69, 9.17) is 5.11 Å². The van der Waals surface area contributed by atoms with Crippen LogP contribution < -0.4 is 5.32 Å². The van der Waals surface area contributed by atoms with Crippen molar-refractivity contribution in [1.82, 2.24) is 0 Å². The Labute approximate surface area is 107 Å². The smallest absolute Gasteiger partial charge is 0.329 e. The number of hydrogen-bond acceptors (Lipinski definition) is 3. The first-order valence-electron chi connectivity index (χ1n) is 4.85. The fourth-order valence-electron chi connectivity index (χ4n) is 1.16. The highest BCUT2D eigenvalue weighted by Crippen LogP contribution is 2.23. The van der Waals surface area contributed by atoms with Crippen LogP contribution in [0.1, 0.15) is 5.56 Å². The molecular formula is C11H12BrNO4. The maximum absolute atomic E-state index is 11.4. The number of halogens is 1. The molecule has 1 aromatic rings. The van der Waals surface area contributed by atoms with Crippen molar-refractivity contribution in [3.63, 3.8) is 0 Å². The highest BCUT2D eigenvalue weighted by Gasteiger charge is 2.07. The van der Waals surface area contributed by atoms with Crippen LogP contribution in [-0.4, -0.2) is 30.2 Å². The number of carbonyl (C=O) groups excluding carboxylic acids is 1. The summed E-state index contributed by atoms with van der Waals surface area (Å²) in [6.45, 7) is 1.10. The minimum Gasteiger partial charge on any atom is -0.480 e. The van der Waals surface area contributed by atoms with Gasteiger partial charge in [0.25, 0.3) is 0 Å². The molecule has 0 unspecified atom stereocenters. The zero-order chi connectivity index (χ0) is 12.8. The van der Waals surface area contributed by atoms with E-state index in [1.807, 2.05) is 13.0 Å². The number of carboxylic acids is 1. The molecule has 1 amide bonds. The van der Waals surface area contributed by atoms with Crippen LogP contribution >= 0.6 is 15.9 Å². The van der Waals surface area contributed by atoms with Crippen molar-refractivity contribution in [3.05, 3.63) is 28.2 Å². The fraction of sp³-hybridized carbons (Fsp3) is 0.273. The van der Waals surface area contributed by atoms with Crippen molar-refractivity contribution in [2.24, 2.45) is 0 Å². The normalized spacial score (nSPS) is 10.0. The van der Waals surface area contributed by atoms with Crippen LogP contribution in [0.3, 0.4) is 0 Å². The Morgan fingerprint density at radius 2 is 2.12 bits per heavy atom. The van der Waals surface area contributed by atoms with Crippen LogP contribution in [0.2, 0.25) is 0 Å². The Morgan fingerprint density at radius 3 is 2.76 bits per heavy atom. The van der Waals surface area contributed by atoms with Gasteiger partial charge < -0.3 is 15.2 Å². The van der Waals surface area contributed by atoms with Crippen molar-refractivity contribution >= 4 is 33.5 Å². The zero-order valence-electron chi connectivity index (χ0n) is 9.20. The van der Waals surface area contributed by atoms with Gasteiger partial charge in [0.2, 0.25) is 5.91 Å². The second kappa shape index (κ2) is 6.36. The quantitative estimate of drug-likeness (QED) is 0.869. The lowest BCUT2D eigenvalue weighted by atomic mass is 10.2. The average molecular weight is 302 g/mol. The van der Waals surface area contributed by atoms with E-state index in [1.54, 1.807) is 12.1 Å². The Bertz CT molecular complexity index is 433. The Balaban J connectivity index is 2.51. The lowest BCUT2D eigenvalue weighted by Crippen LogP contribution is -2.21. The van der Waals surface area contributed by atoms with Crippen LogP contribution in [0, 0.1) is 6.92 Å². The molecule has 0 spiro atoms. The maximum atomic E-state index is 11.4. The third-order valence-electron chi connectivity index (χ3n) is 2.00.